The van der Waals surface area contributed by atoms with Crippen LogP contribution in [0.3, 0.4) is 0 Å². The average molecular weight is 287 g/mol. The molecule has 3 rings (SSSR count). The highest BCUT2D eigenvalue weighted by Gasteiger charge is 2.23. The minimum Gasteiger partial charge on any atom is -0.364 e. The monoisotopic (exact) mass is 287 g/mol. The van der Waals surface area contributed by atoms with Crippen molar-refractivity contribution in [3.05, 3.63) is 40.9 Å². The Balaban J connectivity index is 1.77. The van der Waals surface area contributed by atoms with Crippen molar-refractivity contribution in [2.24, 2.45) is 5.73 Å². The number of hydrogen-bond donors (Lipinski definition) is 2. The Morgan fingerprint density at radius 2 is 1.95 bits per heavy atom. The van der Waals surface area contributed by atoms with Gasteiger partial charge in [-0.15, -0.1) is 11.3 Å². The maximum Gasteiger partial charge on any atom is 0.268 e. The van der Waals surface area contributed by atoms with Gasteiger partial charge in [0, 0.05) is 22.5 Å². The Labute approximate surface area is 119 Å². The quantitative estimate of drug-likeness (QED) is 0.899. The number of primary amides is 1. The maximum absolute atomic E-state index is 11.9. The van der Waals surface area contributed by atoms with Gasteiger partial charge >= 0.3 is 0 Å². The number of rotatable bonds is 4. The molecule has 2 amide bonds. The van der Waals surface area contributed by atoms with E-state index < -0.39 is 5.91 Å². The van der Waals surface area contributed by atoms with Crippen molar-refractivity contribution in [1.82, 2.24) is 10.3 Å². The minimum absolute atomic E-state index is 0.0454. The fourth-order valence-electron chi connectivity index (χ4n) is 1.78. The van der Waals surface area contributed by atoms with Crippen molar-refractivity contribution in [2.75, 3.05) is 0 Å². The lowest BCUT2D eigenvalue weighted by molar-refractivity contribution is 0.0949. The molecule has 1 aliphatic rings. The molecule has 6 heteroatoms. The molecule has 0 saturated heterocycles. The molecule has 1 aromatic carbocycles. The van der Waals surface area contributed by atoms with E-state index in [1.165, 1.54) is 11.3 Å². The van der Waals surface area contributed by atoms with Crippen LogP contribution in [0.25, 0.3) is 10.6 Å². The van der Waals surface area contributed by atoms with Gasteiger partial charge in [0.1, 0.15) is 10.7 Å². The first-order valence-corrected chi connectivity index (χ1v) is 7.18. The Kier molecular flexibility index (Phi) is 3.23. The van der Waals surface area contributed by atoms with E-state index in [9.17, 15) is 9.59 Å². The number of benzene rings is 1. The van der Waals surface area contributed by atoms with E-state index in [0.717, 1.165) is 18.4 Å². The van der Waals surface area contributed by atoms with Crippen LogP contribution in [0.2, 0.25) is 0 Å². The number of nitrogens with one attached hydrogen (secondary N) is 1. The largest absolute Gasteiger partial charge is 0.364 e. The summed E-state index contributed by atoms with van der Waals surface area (Å²) in [5.74, 6) is -0.580. The molecule has 0 radical (unpaired) electrons. The summed E-state index contributed by atoms with van der Waals surface area (Å²) in [6.07, 6.45) is 2.14. The van der Waals surface area contributed by atoms with E-state index >= 15 is 0 Å². The van der Waals surface area contributed by atoms with Gasteiger partial charge in [-0.05, 0) is 25.0 Å². The van der Waals surface area contributed by atoms with Crippen LogP contribution in [0.4, 0.5) is 0 Å². The van der Waals surface area contributed by atoms with E-state index in [1.807, 2.05) is 12.1 Å². The molecule has 1 aromatic heterocycles. The number of nitrogens with zero attached hydrogens (tertiary/aromatic N) is 1. The number of nitrogens with two attached hydrogens (primary N) is 1. The van der Waals surface area contributed by atoms with Crippen molar-refractivity contribution in [1.29, 1.82) is 0 Å². The van der Waals surface area contributed by atoms with Crippen molar-refractivity contribution < 1.29 is 9.59 Å². The summed E-state index contributed by atoms with van der Waals surface area (Å²) < 4.78 is 0. The zero-order valence-corrected chi connectivity index (χ0v) is 11.4. The highest BCUT2D eigenvalue weighted by atomic mass is 32.1. The zero-order chi connectivity index (χ0) is 14.1. The fraction of sp³-hybridized carbons (Fsp3) is 0.214. The molecule has 1 fully saturated rings. The van der Waals surface area contributed by atoms with Crippen LogP contribution >= 0.6 is 11.3 Å². The summed E-state index contributed by atoms with van der Waals surface area (Å²) in [4.78, 5) is 27.0. The van der Waals surface area contributed by atoms with E-state index in [-0.39, 0.29) is 11.6 Å². The summed E-state index contributed by atoms with van der Waals surface area (Å²) in [6.45, 7) is 0. The molecule has 20 heavy (non-hydrogen) atoms. The van der Waals surface area contributed by atoms with Crippen LogP contribution in [0.5, 0.6) is 0 Å². The molecular weight excluding hydrogens is 274 g/mol. The van der Waals surface area contributed by atoms with Gasteiger partial charge in [0.2, 0.25) is 0 Å². The molecule has 0 atom stereocenters. The van der Waals surface area contributed by atoms with Crippen LogP contribution in [-0.4, -0.2) is 22.8 Å². The SMILES string of the molecule is NC(=O)c1csc(-c2ccc(C(=O)NC3CC3)cc2)n1. The van der Waals surface area contributed by atoms with E-state index in [2.05, 4.69) is 10.3 Å². The summed E-state index contributed by atoms with van der Waals surface area (Å²) in [6, 6.07) is 7.52. The highest BCUT2D eigenvalue weighted by molar-refractivity contribution is 7.13. The lowest BCUT2D eigenvalue weighted by atomic mass is 10.1. The molecule has 0 spiro atoms. The predicted molar refractivity (Wildman–Crippen MR) is 76.6 cm³/mol. The number of hydrogen-bond acceptors (Lipinski definition) is 4. The topological polar surface area (TPSA) is 85.1 Å². The van der Waals surface area contributed by atoms with Gasteiger partial charge < -0.3 is 11.1 Å². The normalized spacial score (nSPS) is 14.0. The number of amides is 2. The molecule has 0 unspecified atom stereocenters. The Hall–Kier alpha value is -2.21. The zero-order valence-electron chi connectivity index (χ0n) is 10.6. The van der Waals surface area contributed by atoms with Gasteiger partial charge in [-0.1, -0.05) is 12.1 Å². The van der Waals surface area contributed by atoms with Gasteiger partial charge in [-0.2, -0.15) is 0 Å². The molecular formula is C14H13N3O2S. The second-order valence-corrected chi connectivity index (χ2v) is 5.59. The number of thiazole rings is 1. The lowest BCUT2D eigenvalue weighted by Gasteiger charge is -2.03. The molecule has 2 aromatic rings. The van der Waals surface area contributed by atoms with Crippen LogP contribution in [0.15, 0.2) is 29.6 Å². The third-order valence-electron chi connectivity index (χ3n) is 3.06. The van der Waals surface area contributed by atoms with Gasteiger partial charge in [0.25, 0.3) is 11.8 Å². The maximum atomic E-state index is 11.9. The standard InChI is InChI=1S/C14H13N3O2S/c15-12(18)11-7-20-14(17-11)9-3-1-8(2-4-9)13(19)16-10-5-6-10/h1-4,7,10H,5-6H2,(H2,15,18)(H,16,19). The van der Waals surface area contributed by atoms with Crippen molar-refractivity contribution in [2.45, 2.75) is 18.9 Å². The van der Waals surface area contributed by atoms with Crippen molar-refractivity contribution >= 4 is 23.2 Å². The predicted octanol–water partition coefficient (Wildman–Crippen LogP) is 1.80. The van der Waals surface area contributed by atoms with Gasteiger partial charge in [-0.25, -0.2) is 4.98 Å². The molecule has 1 heterocycles. The Morgan fingerprint density at radius 3 is 2.50 bits per heavy atom. The average Bonchev–Trinajstić information content (AvgIpc) is 3.11. The molecule has 1 saturated carbocycles. The van der Waals surface area contributed by atoms with Crippen molar-refractivity contribution in [3.63, 3.8) is 0 Å². The van der Waals surface area contributed by atoms with Crippen LogP contribution in [-0.2, 0) is 0 Å². The third kappa shape index (κ3) is 2.70. The first-order valence-electron chi connectivity index (χ1n) is 6.30. The van der Waals surface area contributed by atoms with Crippen LogP contribution in [0, 0.1) is 0 Å². The Bertz CT molecular complexity index is 659. The smallest absolute Gasteiger partial charge is 0.268 e. The van der Waals surface area contributed by atoms with E-state index in [1.54, 1.807) is 17.5 Å². The molecule has 102 valence electrons. The fourth-order valence-corrected chi connectivity index (χ4v) is 2.60. The van der Waals surface area contributed by atoms with E-state index in [4.69, 9.17) is 5.73 Å². The first-order chi connectivity index (χ1) is 9.63. The summed E-state index contributed by atoms with van der Waals surface area (Å²) in [7, 11) is 0. The number of carbonyl (C=O) groups excluding carboxylic acids is 2. The van der Waals surface area contributed by atoms with E-state index in [0.29, 0.717) is 16.6 Å². The van der Waals surface area contributed by atoms with Crippen molar-refractivity contribution in [3.8, 4) is 10.6 Å². The van der Waals surface area contributed by atoms with Crippen LogP contribution < -0.4 is 11.1 Å². The lowest BCUT2D eigenvalue weighted by Crippen LogP contribution is -2.25. The van der Waals surface area contributed by atoms with Gasteiger partial charge in [-0.3, -0.25) is 9.59 Å². The molecule has 0 bridgehead atoms. The second kappa shape index (κ2) is 5.05. The Morgan fingerprint density at radius 1 is 1.25 bits per heavy atom. The minimum atomic E-state index is -0.534. The molecule has 0 aliphatic heterocycles. The third-order valence-corrected chi connectivity index (χ3v) is 3.95. The molecule has 1 aliphatic carbocycles. The number of carbonyl (C=O) groups is 2. The highest BCUT2D eigenvalue weighted by Crippen LogP contribution is 2.24. The first kappa shape index (κ1) is 12.8. The summed E-state index contributed by atoms with van der Waals surface area (Å²) >= 11 is 1.35. The number of aromatic nitrogens is 1. The molecule has 3 N–H and O–H groups in total. The van der Waals surface area contributed by atoms with Gasteiger partial charge in [0.05, 0.1) is 0 Å². The van der Waals surface area contributed by atoms with Gasteiger partial charge in [0.15, 0.2) is 0 Å². The summed E-state index contributed by atoms with van der Waals surface area (Å²) in [5.41, 5.74) is 6.94. The molecule has 5 nitrogen and oxygen atoms in total. The van der Waals surface area contributed by atoms with Crippen LogP contribution in [0.1, 0.15) is 33.7 Å². The second-order valence-electron chi connectivity index (χ2n) is 4.73. The summed E-state index contributed by atoms with van der Waals surface area (Å²) in [5, 5.41) is 5.28.